The summed E-state index contributed by atoms with van der Waals surface area (Å²) in [6, 6.07) is 0. The molecule has 0 aliphatic rings. The maximum atomic E-state index is 12.3. The first-order chi connectivity index (χ1) is 5.05. The van der Waals surface area contributed by atoms with Crippen molar-refractivity contribution in [3.63, 3.8) is 0 Å². The predicted octanol–water partition coefficient (Wildman–Crippen LogP) is 1.77. The van der Waals surface area contributed by atoms with Gasteiger partial charge in [0.05, 0.1) is 0 Å². The number of imidazole rings is 1. The van der Waals surface area contributed by atoms with Crippen LogP contribution in [0.4, 0.5) is 17.6 Å². The quantitative estimate of drug-likeness (QED) is 0.669. The van der Waals surface area contributed by atoms with E-state index in [4.69, 9.17) is 0 Å². The van der Waals surface area contributed by atoms with E-state index in [0.717, 1.165) is 12.4 Å². The molecule has 0 amide bonds. The van der Waals surface area contributed by atoms with Gasteiger partial charge in [0, 0.05) is 12.4 Å². The van der Waals surface area contributed by atoms with Gasteiger partial charge in [-0.25, -0.2) is 13.8 Å². The van der Waals surface area contributed by atoms with Gasteiger partial charge in [-0.15, -0.1) is 0 Å². The zero-order chi connectivity index (χ0) is 8.48. The Morgan fingerprint density at radius 2 is 2.09 bits per heavy atom. The van der Waals surface area contributed by atoms with E-state index < -0.39 is 18.2 Å². The molecule has 0 atom stereocenters. The minimum Gasteiger partial charge on any atom is -0.343 e. The van der Waals surface area contributed by atoms with Crippen LogP contribution in [0.2, 0.25) is 0 Å². The van der Waals surface area contributed by atoms with Crippen molar-refractivity contribution in [3.05, 3.63) is 18.2 Å². The first-order valence-electron chi connectivity index (χ1n) is 2.71. The Hall–Kier alpha value is -1.07. The zero-order valence-electron chi connectivity index (χ0n) is 5.19. The highest BCUT2D eigenvalue weighted by atomic mass is 19.3. The molecule has 1 heterocycles. The number of hydrogen-bond acceptors (Lipinski definition) is 1. The molecular formula is C5H4F4N2. The van der Waals surface area contributed by atoms with Crippen LogP contribution >= 0.6 is 0 Å². The third-order valence-corrected chi connectivity index (χ3v) is 1.09. The number of alkyl halides is 4. The van der Waals surface area contributed by atoms with Crippen LogP contribution < -0.4 is 0 Å². The average molecular weight is 168 g/mol. The fraction of sp³-hybridized carbons (Fsp3) is 0.400. The molecule has 0 saturated carbocycles. The van der Waals surface area contributed by atoms with Crippen LogP contribution in [0, 0.1) is 0 Å². The summed E-state index contributed by atoms with van der Waals surface area (Å²) in [6.07, 6.45) is -1.68. The molecule has 0 bridgehead atoms. The number of H-pyrrole nitrogens is 1. The lowest BCUT2D eigenvalue weighted by atomic mass is 10.3. The van der Waals surface area contributed by atoms with Crippen molar-refractivity contribution in [1.29, 1.82) is 0 Å². The fourth-order valence-electron chi connectivity index (χ4n) is 0.551. The van der Waals surface area contributed by atoms with Gasteiger partial charge in [-0.2, -0.15) is 8.78 Å². The predicted molar refractivity (Wildman–Crippen MR) is 28.5 cm³/mol. The molecular weight excluding hydrogens is 164 g/mol. The molecule has 11 heavy (non-hydrogen) atoms. The Labute approximate surface area is 59.3 Å². The highest BCUT2D eigenvalue weighted by Gasteiger charge is 2.45. The van der Waals surface area contributed by atoms with Crippen LogP contribution in [0.25, 0.3) is 0 Å². The first kappa shape index (κ1) is 8.03. The van der Waals surface area contributed by atoms with Crippen molar-refractivity contribution in [2.75, 3.05) is 0 Å². The first-order valence-corrected chi connectivity index (χ1v) is 2.71. The Morgan fingerprint density at radius 3 is 2.45 bits per heavy atom. The standard InChI is InChI=1S/C5H4F4N2/c6-3(7)5(8,9)4-10-1-2-11-4/h1-3H,(H,10,11). The molecule has 0 saturated heterocycles. The molecule has 1 N–H and O–H groups in total. The average Bonchev–Trinajstić information content (AvgIpc) is 2.37. The minimum atomic E-state index is -4.18. The normalized spacial score (nSPS) is 12.5. The fourth-order valence-corrected chi connectivity index (χ4v) is 0.551. The molecule has 0 aliphatic carbocycles. The van der Waals surface area contributed by atoms with Crippen molar-refractivity contribution >= 4 is 0 Å². The van der Waals surface area contributed by atoms with Crippen LogP contribution in [0.15, 0.2) is 12.4 Å². The van der Waals surface area contributed by atoms with Crippen LogP contribution in [-0.2, 0) is 5.92 Å². The number of halogens is 4. The van der Waals surface area contributed by atoms with E-state index in [2.05, 4.69) is 4.98 Å². The second-order valence-corrected chi connectivity index (χ2v) is 1.86. The summed E-state index contributed by atoms with van der Waals surface area (Å²) in [6.45, 7) is 0. The molecule has 0 spiro atoms. The lowest BCUT2D eigenvalue weighted by Gasteiger charge is -2.10. The van der Waals surface area contributed by atoms with E-state index in [-0.39, 0.29) is 0 Å². The highest BCUT2D eigenvalue weighted by Crippen LogP contribution is 2.31. The molecule has 0 fully saturated rings. The third kappa shape index (κ3) is 1.33. The number of aromatic nitrogens is 2. The molecule has 6 heteroatoms. The largest absolute Gasteiger partial charge is 0.363 e. The molecule has 0 unspecified atom stereocenters. The number of aromatic amines is 1. The summed E-state index contributed by atoms with van der Waals surface area (Å²) < 4.78 is 47.7. The van der Waals surface area contributed by atoms with Crippen molar-refractivity contribution in [2.45, 2.75) is 12.3 Å². The van der Waals surface area contributed by atoms with Crippen molar-refractivity contribution in [1.82, 2.24) is 9.97 Å². The Bertz CT molecular complexity index is 218. The molecule has 0 aromatic carbocycles. The second-order valence-electron chi connectivity index (χ2n) is 1.86. The van der Waals surface area contributed by atoms with E-state index in [1.165, 1.54) is 0 Å². The van der Waals surface area contributed by atoms with E-state index in [1.54, 1.807) is 0 Å². The van der Waals surface area contributed by atoms with Gasteiger partial charge in [0.25, 0.3) is 0 Å². The van der Waals surface area contributed by atoms with Gasteiger partial charge < -0.3 is 4.98 Å². The van der Waals surface area contributed by atoms with E-state index in [9.17, 15) is 17.6 Å². The highest BCUT2D eigenvalue weighted by molar-refractivity contribution is 4.97. The van der Waals surface area contributed by atoms with Crippen molar-refractivity contribution in [2.24, 2.45) is 0 Å². The van der Waals surface area contributed by atoms with Crippen molar-refractivity contribution < 1.29 is 17.6 Å². The topological polar surface area (TPSA) is 28.7 Å². The smallest absolute Gasteiger partial charge is 0.343 e. The second kappa shape index (κ2) is 2.52. The van der Waals surface area contributed by atoms with Crippen LogP contribution in [-0.4, -0.2) is 16.4 Å². The summed E-state index contributed by atoms with van der Waals surface area (Å²) in [4.78, 5) is 4.94. The van der Waals surface area contributed by atoms with Gasteiger partial charge in [-0.3, -0.25) is 0 Å². The number of rotatable bonds is 2. The summed E-state index contributed by atoms with van der Waals surface area (Å²) in [7, 11) is 0. The summed E-state index contributed by atoms with van der Waals surface area (Å²) >= 11 is 0. The summed E-state index contributed by atoms with van der Waals surface area (Å²) in [5.41, 5.74) is 0. The van der Waals surface area contributed by atoms with E-state index in [0.29, 0.717) is 0 Å². The SMILES string of the molecule is FC(F)C(F)(F)c1ncc[nH]1. The molecule has 0 aliphatic heterocycles. The molecule has 0 radical (unpaired) electrons. The third-order valence-electron chi connectivity index (χ3n) is 1.09. The summed E-state index contributed by atoms with van der Waals surface area (Å²) in [5.74, 6) is -5.18. The molecule has 62 valence electrons. The zero-order valence-corrected chi connectivity index (χ0v) is 5.19. The Balaban J connectivity index is 2.90. The van der Waals surface area contributed by atoms with Gasteiger partial charge in [-0.1, -0.05) is 0 Å². The maximum absolute atomic E-state index is 12.3. The molecule has 1 aromatic rings. The van der Waals surface area contributed by atoms with Crippen molar-refractivity contribution in [3.8, 4) is 0 Å². The van der Waals surface area contributed by atoms with E-state index >= 15 is 0 Å². The van der Waals surface area contributed by atoms with E-state index in [1.807, 2.05) is 4.98 Å². The van der Waals surface area contributed by atoms with Crippen LogP contribution in [0.5, 0.6) is 0 Å². The molecule has 1 aromatic heterocycles. The lowest BCUT2D eigenvalue weighted by Crippen LogP contribution is -2.24. The van der Waals surface area contributed by atoms with Gasteiger partial charge in [0.2, 0.25) is 0 Å². The number of hydrogen-bond donors (Lipinski definition) is 1. The number of nitrogens with one attached hydrogen (secondary N) is 1. The Kier molecular flexibility index (Phi) is 1.84. The van der Waals surface area contributed by atoms with Crippen LogP contribution in [0.3, 0.4) is 0 Å². The maximum Gasteiger partial charge on any atom is 0.363 e. The Morgan fingerprint density at radius 1 is 1.45 bits per heavy atom. The minimum absolute atomic E-state index is 0.992. The van der Waals surface area contributed by atoms with Gasteiger partial charge in [0.1, 0.15) is 0 Å². The monoisotopic (exact) mass is 168 g/mol. The van der Waals surface area contributed by atoms with Gasteiger partial charge in [0.15, 0.2) is 5.82 Å². The molecule has 1 rings (SSSR count). The lowest BCUT2D eigenvalue weighted by molar-refractivity contribution is -0.140. The van der Waals surface area contributed by atoms with Crippen LogP contribution in [0.1, 0.15) is 5.82 Å². The summed E-state index contributed by atoms with van der Waals surface area (Å²) in [5, 5.41) is 0. The molecule has 2 nitrogen and oxygen atoms in total. The number of nitrogens with zero attached hydrogens (tertiary/aromatic N) is 1. The van der Waals surface area contributed by atoms with Gasteiger partial charge in [-0.05, 0) is 0 Å². The van der Waals surface area contributed by atoms with Gasteiger partial charge >= 0.3 is 12.3 Å².